The van der Waals surface area contributed by atoms with Gasteiger partial charge in [-0.05, 0) is 41.4 Å². The van der Waals surface area contributed by atoms with Gasteiger partial charge in [-0.1, -0.05) is 16.7 Å². The van der Waals surface area contributed by atoms with Crippen LogP contribution in [0.2, 0.25) is 10.4 Å². The molecule has 0 radical (unpaired) electrons. The zero-order valence-electron chi connectivity index (χ0n) is 8.89. The minimum absolute atomic E-state index is 0.00638. The topological polar surface area (TPSA) is 66.6 Å². The van der Waals surface area contributed by atoms with Crippen LogP contribution in [0.1, 0.15) is 5.69 Å². The number of imidazole rings is 1. The molecule has 0 bridgehead atoms. The lowest BCUT2D eigenvalue weighted by Gasteiger charge is -2.07. The number of azide groups is 1. The molecule has 0 spiro atoms. The molecular formula is C10H6Cl2FN5. The van der Waals surface area contributed by atoms with Crippen molar-refractivity contribution in [1.82, 2.24) is 9.55 Å². The van der Waals surface area contributed by atoms with Gasteiger partial charge < -0.3 is 0 Å². The van der Waals surface area contributed by atoms with Gasteiger partial charge >= 0.3 is 0 Å². The Hall–Kier alpha value is -1.75. The summed E-state index contributed by atoms with van der Waals surface area (Å²) in [5, 5.41) is 3.69. The van der Waals surface area contributed by atoms with Gasteiger partial charge in [0.2, 0.25) is 5.28 Å². The van der Waals surface area contributed by atoms with Crippen molar-refractivity contribution in [2.45, 2.75) is 6.54 Å². The van der Waals surface area contributed by atoms with Gasteiger partial charge in [0.25, 0.3) is 0 Å². The van der Waals surface area contributed by atoms with Gasteiger partial charge in [0.1, 0.15) is 5.82 Å². The first-order chi connectivity index (χ1) is 8.63. The van der Waals surface area contributed by atoms with E-state index in [-0.39, 0.29) is 22.8 Å². The van der Waals surface area contributed by atoms with Crippen molar-refractivity contribution in [3.63, 3.8) is 0 Å². The Morgan fingerprint density at radius 3 is 2.61 bits per heavy atom. The maximum atomic E-state index is 12.9. The maximum Gasteiger partial charge on any atom is 0.209 e. The van der Waals surface area contributed by atoms with Crippen LogP contribution < -0.4 is 0 Å². The summed E-state index contributed by atoms with van der Waals surface area (Å²) in [5.41, 5.74) is 9.36. The summed E-state index contributed by atoms with van der Waals surface area (Å²) < 4.78 is 14.4. The second-order valence-corrected chi connectivity index (χ2v) is 4.02. The van der Waals surface area contributed by atoms with Crippen molar-refractivity contribution in [3.8, 4) is 5.69 Å². The first kappa shape index (κ1) is 12.7. The minimum Gasteiger partial charge on any atom is -0.286 e. The standard InChI is InChI=1S/C10H6Cl2FN5/c11-9-8(5-15-17-14)18(10(12)16-9)7-3-1-6(13)2-4-7/h1-4H,5H2. The Balaban J connectivity index is 2.55. The lowest BCUT2D eigenvalue weighted by atomic mass is 10.3. The van der Waals surface area contributed by atoms with Crippen LogP contribution in [0.15, 0.2) is 29.4 Å². The molecule has 0 N–H and O–H groups in total. The fourth-order valence-electron chi connectivity index (χ4n) is 1.49. The first-order valence-electron chi connectivity index (χ1n) is 4.83. The number of nitrogens with zero attached hydrogens (tertiary/aromatic N) is 5. The van der Waals surface area contributed by atoms with Crippen LogP contribution in [-0.2, 0) is 6.54 Å². The fourth-order valence-corrected chi connectivity index (χ4v) is 2.04. The molecule has 0 atom stereocenters. The van der Waals surface area contributed by atoms with Crippen molar-refractivity contribution in [2.24, 2.45) is 5.11 Å². The lowest BCUT2D eigenvalue weighted by Crippen LogP contribution is -1.99. The van der Waals surface area contributed by atoms with Gasteiger partial charge in [-0.25, -0.2) is 9.37 Å². The van der Waals surface area contributed by atoms with E-state index in [0.717, 1.165) is 0 Å². The third kappa shape index (κ3) is 2.41. The Morgan fingerprint density at radius 2 is 2.00 bits per heavy atom. The molecule has 0 fully saturated rings. The SMILES string of the molecule is [N-]=[N+]=NCc1c(Cl)nc(Cl)n1-c1ccc(F)cc1. The molecule has 0 unspecified atom stereocenters. The zero-order chi connectivity index (χ0) is 13.1. The molecule has 0 aliphatic rings. The molecule has 2 rings (SSSR count). The molecule has 0 saturated heterocycles. The Bertz CT molecular complexity index is 616. The van der Waals surface area contributed by atoms with Gasteiger partial charge in [-0.3, -0.25) is 4.57 Å². The lowest BCUT2D eigenvalue weighted by molar-refractivity contribution is 0.627. The third-order valence-electron chi connectivity index (χ3n) is 2.25. The average Bonchev–Trinajstić information content (AvgIpc) is 2.62. The van der Waals surface area contributed by atoms with E-state index in [4.69, 9.17) is 28.7 Å². The quantitative estimate of drug-likeness (QED) is 0.475. The zero-order valence-corrected chi connectivity index (χ0v) is 10.4. The molecule has 8 heteroatoms. The second-order valence-electron chi connectivity index (χ2n) is 3.32. The minimum atomic E-state index is -0.363. The molecule has 2 aromatic rings. The number of hydrogen-bond acceptors (Lipinski definition) is 2. The molecule has 5 nitrogen and oxygen atoms in total. The largest absolute Gasteiger partial charge is 0.286 e. The third-order valence-corrected chi connectivity index (χ3v) is 2.81. The van der Waals surface area contributed by atoms with Crippen molar-refractivity contribution >= 4 is 23.2 Å². The van der Waals surface area contributed by atoms with Gasteiger partial charge in [-0.2, -0.15) is 0 Å². The van der Waals surface area contributed by atoms with Crippen LogP contribution in [-0.4, -0.2) is 9.55 Å². The Kier molecular flexibility index (Phi) is 3.72. The van der Waals surface area contributed by atoms with Crippen LogP contribution in [0.4, 0.5) is 4.39 Å². The predicted octanol–water partition coefficient (Wildman–Crippen LogP) is 4.13. The molecule has 1 aromatic carbocycles. The molecule has 18 heavy (non-hydrogen) atoms. The molecule has 0 saturated carbocycles. The molecule has 0 amide bonds. The first-order valence-corrected chi connectivity index (χ1v) is 5.58. The van der Waals surface area contributed by atoms with Crippen LogP contribution in [0, 0.1) is 5.82 Å². The Labute approximate surface area is 111 Å². The normalized spacial score (nSPS) is 10.2. The molecule has 92 valence electrons. The highest BCUT2D eigenvalue weighted by molar-refractivity contribution is 6.33. The van der Waals surface area contributed by atoms with Crippen LogP contribution >= 0.6 is 23.2 Å². The molecule has 1 aromatic heterocycles. The van der Waals surface area contributed by atoms with E-state index in [1.807, 2.05) is 0 Å². The maximum absolute atomic E-state index is 12.9. The monoisotopic (exact) mass is 285 g/mol. The second kappa shape index (κ2) is 5.27. The molecule has 0 aliphatic carbocycles. The van der Waals surface area contributed by atoms with Gasteiger partial charge in [-0.15, -0.1) is 0 Å². The highest BCUT2D eigenvalue weighted by Crippen LogP contribution is 2.26. The summed E-state index contributed by atoms with van der Waals surface area (Å²) in [5.74, 6) is -0.363. The molecule has 1 heterocycles. The number of benzene rings is 1. The highest BCUT2D eigenvalue weighted by Gasteiger charge is 2.15. The summed E-state index contributed by atoms with van der Waals surface area (Å²) in [6.45, 7) is 0.00638. The van der Waals surface area contributed by atoms with Crippen LogP contribution in [0.3, 0.4) is 0 Å². The summed E-state index contributed by atoms with van der Waals surface area (Å²) >= 11 is 11.8. The van der Waals surface area contributed by atoms with E-state index in [2.05, 4.69) is 15.0 Å². The number of rotatable bonds is 3. The van der Waals surface area contributed by atoms with E-state index in [9.17, 15) is 4.39 Å². The number of halogens is 3. The van der Waals surface area contributed by atoms with Gasteiger partial charge in [0.05, 0.1) is 12.2 Å². The van der Waals surface area contributed by atoms with Gasteiger partial charge in [0.15, 0.2) is 5.15 Å². The van der Waals surface area contributed by atoms with E-state index in [0.29, 0.717) is 11.4 Å². The fraction of sp³-hybridized carbons (Fsp3) is 0.100. The van der Waals surface area contributed by atoms with Crippen molar-refractivity contribution in [3.05, 3.63) is 56.7 Å². The van der Waals surface area contributed by atoms with Crippen molar-refractivity contribution < 1.29 is 4.39 Å². The Morgan fingerprint density at radius 1 is 1.33 bits per heavy atom. The number of aromatic nitrogens is 2. The van der Waals surface area contributed by atoms with E-state index >= 15 is 0 Å². The predicted molar refractivity (Wildman–Crippen MR) is 66.4 cm³/mol. The summed E-state index contributed by atoms with van der Waals surface area (Å²) in [4.78, 5) is 6.53. The summed E-state index contributed by atoms with van der Waals surface area (Å²) in [6.07, 6.45) is 0. The van der Waals surface area contributed by atoms with E-state index < -0.39 is 0 Å². The van der Waals surface area contributed by atoms with Crippen LogP contribution in [0.25, 0.3) is 16.1 Å². The smallest absolute Gasteiger partial charge is 0.209 e. The summed E-state index contributed by atoms with van der Waals surface area (Å²) in [7, 11) is 0. The van der Waals surface area contributed by atoms with E-state index in [1.54, 1.807) is 0 Å². The van der Waals surface area contributed by atoms with Crippen molar-refractivity contribution in [2.75, 3.05) is 0 Å². The highest BCUT2D eigenvalue weighted by atomic mass is 35.5. The van der Waals surface area contributed by atoms with E-state index in [1.165, 1.54) is 28.8 Å². The van der Waals surface area contributed by atoms with Crippen LogP contribution in [0.5, 0.6) is 0 Å². The van der Waals surface area contributed by atoms with Gasteiger partial charge in [0, 0.05) is 10.6 Å². The number of hydrogen-bond donors (Lipinski definition) is 0. The average molecular weight is 286 g/mol. The molecular weight excluding hydrogens is 280 g/mol. The van der Waals surface area contributed by atoms with Crippen molar-refractivity contribution in [1.29, 1.82) is 0 Å². The summed E-state index contributed by atoms with van der Waals surface area (Å²) in [6, 6.07) is 5.63. The molecule has 0 aliphatic heterocycles.